The average molecular weight is 883 g/mol. The fourth-order valence-corrected chi connectivity index (χ4v) is 9.89. The highest BCUT2D eigenvalue weighted by Crippen LogP contribution is 2.43. The minimum Gasteiger partial charge on any atom is -0.456 e. The van der Waals surface area contributed by atoms with E-state index in [-0.39, 0.29) is 0 Å². The quantitative estimate of drug-likeness (QED) is 0.145. The lowest BCUT2D eigenvalue weighted by molar-refractivity contribution is 0.669. The Hall–Kier alpha value is -9.32. The number of fused-ring (bicyclic) bond motifs is 6. The summed E-state index contributed by atoms with van der Waals surface area (Å²) in [4.78, 5) is 12.1. The van der Waals surface area contributed by atoms with Crippen LogP contribution in [0.15, 0.2) is 259 Å². The van der Waals surface area contributed by atoms with Crippen LogP contribution in [0, 0.1) is 0 Å². The van der Waals surface area contributed by atoms with Crippen LogP contribution >= 0.6 is 0 Å². The third-order valence-electron chi connectivity index (χ3n) is 13.3. The van der Waals surface area contributed by atoms with Gasteiger partial charge in [-0.3, -0.25) is 9.88 Å². The standard InChI is InChI=1S/C64H42N4O/c1-3-13-43(14-4-1)44-22-24-45(25-23-44)46-26-31-53(32-27-46)67(64-35-30-49(42-66-64)59-19-11-12-36-65-59)54-38-50(37-51(39-54)48-28-33-57-56-18-8-10-21-62(56)69-63(57)41-48)47-29-34-61-58(40-47)55-17-7-9-20-60(55)68(61)52-15-5-2-6-16-52/h1-42H. The molecule has 4 heterocycles. The van der Waals surface area contributed by atoms with Gasteiger partial charge in [-0.1, -0.05) is 140 Å². The molecular weight excluding hydrogens is 841 g/mol. The van der Waals surface area contributed by atoms with E-state index in [9.17, 15) is 0 Å². The Kier molecular flexibility index (Phi) is 9.76. The Morgan fingerprint density at radius 2 is 0.913 bits per heavy atom. The van der Waals surface area contributed by atoms with Gasteiger partial charge in [-0.2, -0.15) is 0 Å². The summed E-state index contributed by atoms with van der Waals surface area (Å²) < 4.78 is 8.83. The minimum atomic E-state index is 0.784. The van der Waals surface area contributed by atoms with Crippen molar-refractivity contribution in [3.8, 4) is 61.5 Å². The number of furan rings is 1. The van der Waals surface area contributed by atoms with E-state index < -0.39 is 0 Å². The van der Waals surface area contributed by atoms with Crippen molar-refractivity contribution in [1.29, 1.82) is 0 Å². The van der Waals surface area contributed by atoms with E-state index in [0.29, 0.717) is 0 Å². The molecule has 5 nitrogen and oxygen atoms in total. The molecule has 0 saturated heterocycles. The zero-order valence-corrected chi connectivity index (χ0v) is 37.4. The molecule has 69 heavy (non-hydrogen) atoms. The van der Waals surface area contributed by atoms with Crippen LogP contribution in [0.4, 0.5) is 17.2 Å². The molecule has 0 N–H and O–H groups in total. The van der Waals surface area contributed by atoms with E-state index in [1.807, 2.05) is 42.7 Å². The lowest BCUT2D eigenvalue weighted by Gasteiger charge is -2.26. The maximum Gasteiger partial charge on any atom is 0.137 e. The van der Waals surface area contributed by atoms with Crippen molar-refractivity contribution in [2.75, 3.05) is 4.90 Å². The summed E-state index contributed by atoms with van der Waals surface area (Å²) >= 11 is 0. The Morgan fingerprint density at radius 1 is 0.333 bits per heavy atom. The predicted octanol–water partition coefficient (Wildman–Crippen LogP) is 17.3. The number of pyridine rings is 2. The van der Waals surface area contributed by atoms with Gasteiger partial charge in [-0.05, 0) is 148 Å². The first-order valence-corrected chi connectivity index (χ1v) is 23.3. The second kappa shape index (κ2) is 16.8. The first kappa shape index (κ1) is 40.0. The topological polar surface area (TPSA) is 47.1 Å². The molecule has 0 radical (unpaired) electrons. The highest BCUT2D eigenvalue weighted by Gasteiger charge is 2.20. The van der Waals surface area contributed by atoms with Crippen LogP contribution in [0.2, 0.25) is 0 Å². The van der Waals surface area contributed by atoms with E-state index >= 15 is 0 Å². The molecule has 0 aliphatic carbocycles. The second-order valence-electron chi connectivity index (χ2n) is 17.4. The fourth-order valence-electron chi connectivity index (χ4n) is 9.89. The molecule has 0 bridgehead atoms. The van der Waals surface area contributed by atoms with Crippen molar-refractivity contribution < 1.29 is 4.42 Å². The molecule has 0 aliphatic rings. The van der Waals surface area contributed by atoms with E-state index in [1.165, 1.54) is 27.4 Å². The minimum absolute atomic E-state index is 0.784. The number of aromatic nitrogens is 3. The lowest BCUT2D eigenvalue weighted by atomic mass is 9.95. The molecule has 9 aromatic carbocycles. The lowest BCUT2D eigenvalue weighted by Crippen LogP contribution is -2.12. The van der Waals surface area contributed by atoms with Crippen molar-refractivity contribution >= 4 is 60.9 Å². The van der Waals surface area contributed by atoms with Gasteiger partial charge >= 0.3 is 0 Å². The summed E-state index contributed by atoms with van der Waals surface area (Å²) in [5.41, 5.74) is 18.0. The second-order valence-corrected chi connectivity index (χ2v) is 17.4. The summed E-state index contributed by atoms with van der Waals surface area (Å²) in [5.74, 6) is 0.784. The van der Waals surface area contributed by atoms with Gasteiger partial charge in [0.15, 0.2) is 0 Å². The Labute approximate surface area is 399 Å². The molecule has 0 unspecified atom stereocenters. The van der Waals surface area contributed by atoms with Crippen LogP contribution in [0.1, 0.15) is 0 Å². The van der Waals surface area contributed by atoms with Gasteiger partial charge in [-0.25, -0.2) is 4.98 Å². The summed E-state index contributed by atoms with van der Waals surface area (Å²) in [6, 6.07) is 86.2. The van der Waals surface area contributed by atoms with Gasteiger partial charge in [0.1, 0.15) is 17.0 Å². The molecule has 0 aliphatic heterocycles. The smallest absolute Gasteiger partial charge is 0.137 e. The van der Waals surface area contributed by atoms with Crippen LogP contribution in [-0.4, -0.2) is 14.5 Å². The summed E-state index contributed by atoms with van der Waals surface area (Å²) in [7, 11) is 0. The molecule has 13 rings (SSSR count). The third kappa shape index (κ3) is 7.30. The number of rotatable bonds is 9. The Morgan fingerprint density at radius 3 is 1.64 bits per heavy atom. The van der Waals surface area contributed by atoms with Gasteiger partial charge in [0.2, 0.25) is 0 Å². The summed E-state index contributed by atoms with van der Waals surface area (Å²) in [6.45, 7) is 0. The number of benzene rings is 9. The van der Waals surface area contributed by atoms with Crippen molar-refractivity contribution in [1.82, 2.24) is 14.5 Å². The molecule has 0 amide bonds. The molecular formula is C64H42N4O. The SMILES string of the molecule is c1ccc(-c2ccc(-c3ccc(N(c4cc(-c5ccc6c(c5)oc5ccccc56)cc(-c5ccc6c(c5)c5ccccc5n6-c5ccccc5)c4)c4ccc(-c5ccccn5)cn4)cc3)cc2)cc1. The van der Waals surface area contributed by atoms with Gasteiger partial charge in [0.05, 0.1) is 16.7 Å². The zero-order valence-electron chi connectivity index (χ0n) is 37.4. The van der Waals surface area contributed by atoms with Crippen LogP contribution in [0.25, 0.3) is 105 Å². The van der Waals surface area contributed by atoms with Crippen LogP contribution in [0.5, 0.6) is 0 Å². The fraction of sp³-hybridized carbons (Fsp3) is 0. The van der Waals surface area contributed by atoms with Gasteiger partial charge in [0.25, 0.3) is 0 Å². The van der Waals surface area contributed by atoms with Gasteiger partial charge < -0.3 is 8.98 Å². The normalized spacial score (nSPS) is 11.5. The maximum atomic E-state index is 6.47. The van der Waals surface area contributed by atoms with Crippen LogP contribution < -0.4 is 4.90 Å². The summed E-state index contributed by atoms with van der Waals surface area (Å²) in [6.07, 6.45) is 3.74. The Bertz CT molecular complexity index is 3970. The largest absolute Gasteiger partial charge is 0.456 e. The monoisotopic (exact) mass is 882 g/mol. The van der Waals surface area contributed by atoms with Crippen molar-refractivity contribution in [3.05, 3.63) is 255 Å². The summed E-state index contributed by atoms with van der Waals surface area (Å²) in [5, 5.41) is 4.61. The highest BCUT2D eigenvalue weighted by atomic mass is 16.3. The van der Waals surface area contributed by atoms with Crippen LogP contribution in [-0.2, 0) is 0 Å². The molecule has 324 valence electrons. The first-order valence-electron chi connectivity index (χ1n) is 23.3. The molecule has 5 heteroatoms. The van der Waals surface area contributed by atoms with Crippen molar-refractivity contribution in [3.63, 3.8) is 0 Å². The van der Waals surface area contributed by atoms with E-state index in [1.54, 1.807) is 0 Å². The average Bonchev–Trinajstić information content (AvgIpc) is 3.97. The van der Waals surface area contributed by atoms with E-state index in [2.05, 4.69) is 227 Å². The number of nitrogens with zero attached hydrogens (tertiary/aromatic N) is 4. The van der Waals surface area contributed by atoms with Gasteiger partial charge in [0, 0.05) is 56.6 Å². The number of para-hydroxylation sites is 3. The van der Waals surface area contributed by atoms with Crippen molar-refractivity contribution in [2.24, 2.45) is 0 Å². The van der Waals surface area contributed by atoms with Crippen molar-refractivity contribution in [2.45, 2.75) is 0 Å². The Balaban J connectivity index is 0.987. The molecule has 0 fully saturated rings. The van der Waals surface area contributed by atoms with E-state index in [0.717, 1.165) is 95.0 Å². The molecule has 0 saturated carbocycles. The zero-order chi connectivity index (χ0) is 45.7. The number of anilines is 3. The van der Waals surface area contributed by atoms with Gasteiger partial charge in [-0.15, -0.1) is 0 Å². The molecule has 13 aromatic rings. The molecule has 0 spiro atoms. The molecule has 0 atom stereocenters. The van der Waals surface area contributed by atoms with Crippen LogP contribution in [0.3, 0.4) is 0 Å². The highest BCUT2D eigenvalue weighted by molar-refractivity contribution is 6.11. The number of hydrogen-bond donors (Lipinski definition) is 0. The first-order chi connectivity index (χ1) is 34.2. The third-order valence-corrected chi connectivity index (χ3v) is 13.3. The maximum absolute atomic E-state index is 6.47. The predicted molar refractivity (Wildman–Crippen MR) is 286 cm³/mol. The number of hydrogen-bond acceptors (Lipinski definition) is 4. The van der Waals surface area contributed by atoms with E-state index in [4.69, 9.17) is 9.40 Å². The molecule has 4 aromatic heterocycles.